The van der Waals surface area contributed by atoms with E-state index in [1.807, 2.05) is 0 Å². The highest BCUT2D eigenvalue weighted by Crippen LogP contribution is 2.32. The fraction of sp³-hybridized carbons (Fsp3) is 0.200. The molecular formula is C15H13FN6O2. The van der Waals surface area contributed by atoms with E-state index in [1.165, 1.54) is 26.6 Å². The fourth-order valence-electron chi connectivity index (χ4n) is 2.93. The van der Waals surface area contributed by atoms with Gasteiger partial charge in [-0.05, 0) is 24.3 Å². The van der Waals surface area contributed by atoms with Gasteiger partial charge < -0.3 is 5.73 Å². The summed E-state index contributed by atoms with van der Waals surface area (Å²) < 4.78 is 14.7. The Bertz CT molecular complexity index is 873. The Morgan fingerprint density at radius 3 is 2.75 bits per heavy atom. The van der Waals surface area contributed by atoms with E-state index < -0.39 is 5.91 Å². The lowest BCUT2D eigenvalue weighted by Gasteiger charge is -2.33. The third-order valence-electron chi connectivity index (χ3n) is 3.93. The molecule has 1 aromatic heterocycles. The van der Waals surface area contributed by atoms with Crippen molar-refractivity contribution in [2.75, 3.05) is 24.5 Å². The number of urea groups is 1. The lowest BCUT2D eigenvalue weighted by atomic mass is 10.2. The number of rotatable bonds is 3. The van der Waals surface area contributed by atoms with E-state index in [0.29, 0.717) is 36.0 Å². The Morgan fingerprint density at radius 1 is 1.29 bits per heavy atom. The Labute approximate surface area is 136 Å². The summed E-state index contributed by atoms with van der Waals surface area (Å²) in [5.74, 6) is -0.0803. The van der Waals surface area contributed by atoms with Crippen molar-refractivity contribution in [3.8, 4) is 5.69 Å². The number of aliphatic imine (C=N–C) groups is 1. The van der Waals surface area contributed by atoms with Crippen LogP contribution < -0.4 is 10.6 Å². The highest BCUT2D eigenvalue weighted by molar-refractivity contribution is 6.20. The van der Waals surface area contributed by atoms with Crippen molar-refractivity contribution in [2.45, 2.75) is 0 Å². The molecule has 9 heteroatoms. The molecule has 0 aliphatic carbocycles. The number of primary amides is 1. The average molecular weight is 328 g/mol. The number of aromatic nitrogens is 2. The number of hydrogen-bond acceptors (Lipinski definition) is 4. The largest absolute Gasteiger partial charge is 0.368 e. The van der Waals surface area contributed by atoms with Crippen LogP contribution >= 0.6 is 0 Å². The summed E-state index contributed by atoms with van der Waals surface area (Å²) in [5.41, 5.74) is 6.50. The normalized spacial score (nSPS) is 16.0. The predicted octanol–water partition coefficient (Wildman–Crippen LogP) is 0.499. The summed E-state index contributed by atoms with van der Waals surface area (Å²) in [4.78, 5) is 31.3. The number of nitrogens with two attached hydrogens (primary N) is 1. The smallest absolute Gasteiger partial charge is 0.331 e. The van der Waals surface area contributed by atoms with Crippen molar-refractivity contribution in [3.05, 3.63) is 41.8 Å². The van der Waals surface area contributed by atoms with Crippen LogP contribution in [0.2, 0.25) is 0 Å². The molecule has 0 saturated heterocycles. The number of carbonyl (C=O) groups excluding carboxylic acids is 2. The highest BCUT2D eigenvalue weighted by atomic mass is 19.1. The minimum Gasteiger partial charge on any atom is -0.368 e. The summed E-state index contributed by atoms with van der Waals surface area (Å²) in [7, 11) is 0. The Balaban J connectivity index is 1.90. The summed E-state index contributed by atoms with van der Waals surface area (Å²) in [6.45, 7) is 0.666. The minimum atomic E-state index is -0.638. The molecule has 24 heavy (non-hydrogen) atoms. The fourth-order valence-corrected chi connectivity index (χ4v) is 2.93. The second-order valence-electron chi connectivity index (χ2n) is 5.46. The molecule has 2 aliphatic heterocycles. The summed E-state index contributed by atoms with van der Waals surface area (Å²) in [6, 6.07) is 5.30. The third-order valence-corrected chi connectivity index (χ3v) is 3.93. The molecule has 2 aliphatic rings. The van der Waals surface area contributed by atoms with Crippen molar-refractivity contribution in [1.82, 2.24) is 14.7 Å². The van der Waals surface area contributed by atoms with Crippen molar-refractivity contribution in [1.29, 1.82) is 0 Å². The predicted molar refractivity (Wildman–Crippen MR) is 83.6 cm³/mol. The van der Waals surface area contributed by atoms with Gasteiger partial charge in [0, 0.05) is 6.54 Å². The van der Waals surface area contributed by atoms with E-state index in [0.717, 1.165) is 0 Å². The Kier molecular flexibility index (Phi) is 3.08. The number of amides is 3. The molecule has 0 spiro atoms. The summed E-state index contributed by atoms with van der Waals surface area (Å²) in [5, 5.41) is 4.29. The molecule has 3 heterocycles. The maximum atomic E-state index is 13.2. The summed E-state index contributed by atoms with van der Waals surface area (Å²) in [6.07, 6.45) is 1.58. The number of fused-ring (bicyclic) bond motifs is 3. The van der Waals surface area contributed by atoms with E-state index in [-0.39, 0.29) is 18.4 Å². The van der Waals surface area contributed by atoms with Crippen LogP contribution in [0.1, 0.15) is 5.56 Å². The number of amidine groups is 1. The number of halogens is 1. The third kappa shape index (κ3) is 2.05. The molecule has 0 atom stereocenters. The first-order chi connectivity index (χ1) is 11.6. The lowest BCUT2D eigenvalue weighted by molar-refractivity contribution is -0.116. The van der Waals surface area contributed by atoms with E-state index >= 15 is 0 Å². The van der Waals surface area contributed by atoms with Gasteiger partial charge in [0.1, 0.15) is 18.2 Å². The monoisotopic (exact) mass is 328 g/mol. The number of benzene rings is 1. The molecule has 122 valence electrons. The maximum Gasteiger partial charge on any atom is 0.331 e. The van der Waals surface area contributed by atoms with E-state index in [1.54, 1.807) is 18.3 Å². The zero-order valence-corrected chi connectivity index (χ0v) is 12.5. The molecule has 2 N–H and O–H groups in total. The van der Waals surface area contributed by atoms with Crippen LogP contribution in [-0.4, -0.2) is 52.1 Å². The average Bonchev–Trinajstić information content (AvgIpc) is 3.18. The highest BCUT2D eigenvalue weighted by Gasteiger charge is 2.40. The van der Waals surface area contributed by atoms with Gasteiger partial charge in [-0.25, -0.2) is 13.9 Å². The Hall–Kier alpha value is -3.23. The van der Waals surface area contributed by atoms with Crippen LogP contribution in [0.4, 0.5) is 15.0 Å². The first-order valence-corrected chi connectivity index (χ1v) is 7.32. The Morgan fingerprint density at radius 2 is 2.04 bits per heavy atom. The number of carbonyl (C=O) groups is 2. The number of anilines is 1. The SMILES string of the molecule is NC(=O)CN1C(=O)N2CCN=C2c2cnn(-c3ccc(F)cc3)c21. The molecule has 4 rings (SSSR count). The van der Waals surface area contributed by atoms with Gasteiger partial charge in [0.2, 0.25) is 5.91 Å². The molecule has 8 nitrogen and oxygen atoms in total. The van der Waals surface area contributed by atoms with Gasteiger partial charge >= 0.3 is 6.03 Å². The van der Waals surface area contributed by atoms with Crippen molar-refractivity contribution in [3.63, 3.8) is 0 Å². The first-order valence-electron chi connectivity index (χ1n) is 7.32. The van der Waals surface area contributed by atoms with Crippen LogP contribution in [0.15, 0.2) is 35.5 Å². The molecule has 0 unspecified atom stereocenters. The second-order valence-corrected chi connectivity index (χ2v) is 5.46. The van der Waals surface area contributed by atoms with E-state index in [4.69, 9.17) is 5.73 Å². The second kappa shape index (κ2) is 5.15. The molecule has 0 bridgehead atoms. The molecule has 0 radical (unpaired) electrons. The molecule has 0 saturated carbocycles. The van der Waals surface area contributed by atoms with Crippen LogP contribution in [0.5, 0.6) is 0 Å². The van der Waals surface area contributed by atoms with Gasteiger partial charge in [-0.3, -0.25) is 19.6 Å². The van der Waals surface area contributed by atoms with E-state index in [9.17, 15) is 14.0 Å². The quantitative estimate of drug-likeness (QED) is 0.888. The van der Waals surface area contributed by atoms with E-state index in [2.05, 4.69) is 10.1 Å². The van der Waals surface area contributed by atoms with Gasteiger partial charge in [0.05, 0.1) is 24.0 Å². The van der Waals surface area contributed by atoms with Crippen molar-refractivity contribution >= 4 is 23.6 Å². The summed E-state index contributed by atoms with van der Waals surface area (Å²) >= 11 is 0. The minimum absolute atomic E-state index is 0.275. The van der Waals surface area contributed by atoms with Crippen LogP contribution in [0, 0.1) is 5.82 Å². The van der Waals surface area contributed by atoms with Crippen molar-refractivity contribution in [2.24, 2.45) is 10.7 Å². The molecular weight excluding hydrogens is 315 g/mol. The van der Waals surface area contributed by atoms with Crippen LogP contribution in [-0.2, 0) is 4.79 Å². The number of hydrogen-bond donors (Lipinski definition) is 1. The van der Waals surface area contributed by atoms with Gasteiger partial charge in [0.25, 0.3) is 0 Å². The van der Waals surface area contributed by atoms with Crippen molar-refractivity contribution < 1.29 is 14.0 Å². The molecule has 0 fully saturated rings. The van der Waals surface area contributed by atoms with Gasteiger partial charge in [0.15, 0.2) is 5.82 Å². The van der Waals surface area contributed by atoms with Crippen LogP contribution in [0.3, 0.4) is 0 Å². The molecule has 2 aromatic rings. The maximum absolute atomic E-state index is 13.2. The topological polar surface area (TPSA) is 96.8 Å². The molecule has 3 amide bonds. The van der Waals surface area contributed by atoms with Gasteiger partial charge in [-0.15, -0.1) is 0 Å². The van der Waals surface area contributed by atoms with Crippen LogP contribution in [0.25, 0.3) is 5.69 Å². The van der Waals surface area contributed by atoms with Gasteiger partial charge in [-0.1, -0.05) is 0 Å². The standard InChI is InChI=1S/C15H13FN6O2/c16-9-1-3-10(4-2-9)22-14-11(7-19-22)13-18-5-6-20(13)15(24)21(14)8-12(17)23/h1-4,7H,5-6,8H2,(H2,17,23). The molecule has 1 aromatic carbocycles. The lowest BCUT2D eigenvalue weighted by Crippen LogP contribution is -2.52. The first kappa shape index (κ1) is 14.4. The number of nitrogens with zero attached hydrogens (tertiary/aromatic N) is 5. The van der Waals surface area contributed by atoms with Gasteiger partial charge in [-0.2, -0.15) is 5.10 Å². The zero-order valence-electron chi connectivity index (χ0n) is 12.5. The zero-order chi connectivity index (χ0) is 16.8.